The number of ether oxygens (including phenoxy) is 1. The van der Waals surface area contributed by atoms with Gasteiger partial charge >= 0.3 is 0 Å². The Labute approximate surface area is 294 Å². The minimum Gasteiger partial charge on any atom is -0.381 e. The normalized spacial score (nSPS) is 16.1. The maximum absolute atomic E-state index is 14.0. The molecule has 2 aromatic carbocycles. The first-order chi connectivity index (χ1) is 24.4. The summed E-state index contributed by atoms with van der Waals surface area (Å²) in [6.45, 7) is 5.70. The van der Waals surface area contributed by atoms with Gasteiger partial charge in [0, 0.05) is 67.5 Å². The van der Waals surface area contributed by atoms with Crippen molar-refractivity contribution >= 4 is 51.3 Å². The van der Waals surface area contributed by atoms with Gasteiger partial charge in [-0.15, -0.1) is 11.3 Å². The SMILES string of the molecule is Cc1cnc(N2CC3(CCOCC3)C2)c(C(=O)Nc2ccc(C(=O)N3CCc4cc(NC(=O)c5ccccc5)sc4-c4ncccc43)cc2)c1. The molecule has 3 aliphatic heterocycles. The summed E-state index contributed by atoms with van der Waals surface area (Å²) in [6, 6.07) is 23.7. The van der Waals surface area contributed by atoms with Crippen LogP contribution in [0.25, 0.3) is 10.6 Å². The van der Waals surface area contributed by atoms with Crippen LogP contribution in [-0.2, 0) is 11.2 Å². The number of amides is 3. The van der Waals surface area contributed by atoms with Gasteiger partial charge in [-0.05, 0) is 98.0 Å². The molecule has 0 saturated carbocycles. The number of benzene rings is 2. The Hall–Kier alpha value is -5.39. The molecule has 2 N–H and O–H groups in total. The molecular formula is C39H36N6O4S. The van der Waals surface area contributed by atoms with Crippen molar-refractivity contribution in [2.45, 2.75) is 26.2 Å². The van der Waals surface area contributed by atoms with Crippen molar-refractivity contribution in [3.63, 3.8) is 0 Å². The molecule has 11 heteroatoms. The lowest BCUT2D eigenvalue weighted by atomic mass is 9.73. The second kappa shape index (κ2) is 13.1. The zero-order chi connectivity index (χ0) is 34.2. The third-order valence-electron chi connectivity index (χ3n) is 9.77. The maximum atomic E-state index is 14.0. The summed E-state index contributed by atoms with van der Waals surface area (Å²) in [5.41, 5.74) is 5.82. The number of fused-ring (bicyclic) bond motifs is 3. The van der Waals surface area contributed by atoms with E-state index in [9.17, 15) is 14.4 Å². The molecule has 3 amide bonds. The molecule has 2 fully saturated rings. The van der Waals surface area contributed by atoms with Crippen LogP contribution in [0.1, 0.15) is 55.0 Å². The number of nitrogens with one attached hydrogen (secondary N) is 2. The number of hydrogen-bond acceptors (Lipinski definition) is 8. The van der Waals surface area contributed by atoms with Crippen LogP contribution in [0.15, 0.2) is 91.3 Å². The minimum absolute atomic E-state index is 0.158. The molecule has 0 aliphatic carbocycles. The van der Waals surface area contributed by atoms with Crippen molar-refractivity contribution in [3.8, 4) is 10.6 Å². The number of anilines is 4. The predicted octanol–water partition coefficient (Wildman–Crippen LogP) is 6.84. The number of thiophene rings is 1. The van der Waals surface area contributed by atoms with Gasteiger partial charge in [0.1, 0.15) is 11.5 Å². The van der Waals surface area contributed by atoms with Crippen LogP contribution in [0.2, 0.25) is 0 Å². The van der Waals surface area contributed by atoms with Gasteiger partial charge in [0.2, 0.25) is 0 Å². The molecule has 50 heavy (non-hydrogen) atoms. The Kier molecular flexibility index (Phi) is 8.37. The Bertz CT molecular complexity index is 2080. The second-order valence-corrected chi connectivity index (χ2v) is 14.3. The van der Waals surface area contributed by atoms with Gasteiger partial charge in [0.25, 0.3) is 17.7 Å². The molecule has 2 saturated heterocycles. The summed E-state index contributed by atoms with van der Waals surface area (Å²) in [4.78, 5) is 54.6. The van der Waals surface area contributed by atoms with Crippen LogP contribution in [0.4, 0.5) is 22.2 Å². The number of carbonyl (C=O) groups is 3. The van der Waals surface area contributed by atoms with Gasteiger partial charge in [-0.2, -0.15) is 0 Å². The number of rotatable bonds is 6. The smallest absolute Gasteiger partial charge is 0.259 e. The standard InChI is InChI=1S/C39H36N6O4S/c1-25-20-30(35(41-22-25)44-23-39(24-44)14-18-49-19-15-39)37(47)42-29-11-9-27(10-12-29)38(48)45-17-13-28-21-32(43-36(46)26-6-3-2-4-7-26)50-34(28)33-31(45)8-5-16-40-33/h2-12,16,20-22H,13-15,17-19,23-24H2,1H3,(H,42,47)(H,43,46). The zero-order valence-corrected chi connectivity index (χ0v) is 28.5. The summed E-state index contributed by atoms with van der Waals surface area (Å²) in [5.74, 6) is 0.135. The molecule has 0 atom stereocenters. The van der Waals surface area contributed by atoms with Gasteiger partial charge in [0.15, 0.2) is 0 Å². The lowest BCUT2D eigenvalue weighted by Gasteiger charge is -2.53. The van der Waals surface area contributed by atoms with E-state index in [1.807, 2.05) is 49.4 Å². The van der Waals surface area contributed by atoms with Crippen LogP contribution in [-0.4, -0.2) is 60.5 Å². The molecular weight excluding hydrogens is 649 g/mol. The molecule has 8 rings (SSSR count). The van der Waals surface area contributed by atoms with Crippen molar-refractivity contribution in [2.24, 2.45) is 5.41 Å². The third-order valence-corrected chi connectivity index (χ3v) is 10.9. The van der Waals surface area contributed by atoms with Gasteiger partial charge < -0.3 is 25.2 Å². The third kappa shape index (κ3) is 6.14. The average Bonchev–Trinajstić information content (AvgIpc) is 3.47. The summed E-state index contributed by atoms with van der Waals surface area (Å²) in [7, 11) is 0. The van der Waals surface area contributed by atoms with E-state index in [1.165, 1.54) is 11.3 Å². The molecule has 0 unspecified atom stereocenters. The summed E-state index contributed by atoms with van der Waals surface area (Å²) in [5, 5.41) is 6.77. The second-order valence-electron chi connectivity index (χ2n) is 13.2. The van der Waals surface area contributed by atoms with Crippen LogP contribution in [0.3, 0.4) is 0 Å². The number of nitrogens with zero attached hydrogens (tertiary/aromatic N) is 4. The molecule has 10 nitrogen and oxygen atoms in total. The number of pyridine rings is 2. The summed E-state index contributed by atoms with van der Waals surface area (Å²) < 4.78 is 5.56. The quantitative estimate of drug-likeness (QED) is 0.201. The van der Waals surface area contributed by atoms with E-state index in [1.54, 1.807) is 53.7 Å². The van der Waals surface area contributed by atoms with Gasteiger partial charge in [0.05, 0.1) is 21.1 Å². The van der Waals surface area contributed by atoms with Crippen molar-refractivity contribution in [2.75, 3.05) is 53.3 Å². The molecule has 5 aromatic rings. The molecule has 252 valence electrons. The van der Waals surface area contributed by atoms with Crippen molar-refractivity contribution < 1.29 is 19.1 Å². The Morgan fingerprint density at radius 2 is 1.64 bits per heavy atom. The van der Waals surface area contributed by atoms with E-state index < -0.39 is 0 Å². The average molecular weight is 685 g/mol. The van der Waals surface area contributed by atoms with Crippen LogP contribution in [0, 0.1) is 12.3 Å². The topological polar surface area (TPSA) is 117 Å². The molecule has 0 bridgehead atoms. The zero-order valence-electron chi connectivity index (χ0n) is 27.6. The predicted molar refractivity (Wildman–Crippen MR) is 195 cm³/mol. The van der Waals surface area contributed by atoms with Gasteiger partial charge in [-0.1, -0.05) is 18.2 Å². The first-order valence-corrected chi connectivity index (χ1v) is 17.6. The van der Waals surface area contributed by atoms with E-state index >= 15 is 0 Å². The number of aromatic nitrogens is 2. The molecule has 6 heterocycles. The fourth-order valence-corrected chi connectivity index (χ4v) is 8.18. The molecule has 3 aliphatic rings. The van der Waals surface area contributed by atoms with Gasteiger partial charge in [-0.25, -0.2) is 4.98 Å². The highest BCUT2D eigenvalue weighted by Crippen LogP contribution is 2.44. The van der Waals surface area contributed by atoms with Crippen molar-refractivity contribution in [1.29, 1.82) is 0 Å². The van der Waals surface area contributed by atoms with Crippen LogP contribution >= 0.6 is 11.3 Å². The fraction of sp³-hybridized carbons (Fsp3) is 0.256. The Morgan fingerprint density at radius 1 is 0.860 bits per heavy atom. The fourth-order valence-electron chi connectivity index (χ4n) is 7.07. The molecule has 3 aromatic heterocycles. The monoisotopic (exact) mass is 684 g/mol. The largest absolute Gasteiger partial charge is 0.381 e. The first kappa shape index (κ1) is 31.9. The van der Waals surface area contributed by atoms with Crippen molar-refractivity contribution in [1.82, 2.24) is 9.97 Å². The summed E-state index contributed by atoms with van der Waals surface area (Å²) >= 11 is 1.46. The highest BCUT2D eigenvalue weighted by atomic mass is 32.1. The molecule has 0 radical (unpaired) electrons. The minimum atomic E-state index is -0.235. The highest BCUT2D eigenvalue weighted by molar-refractivity contribution is 7.19. The van der Waals surface area contributed by atoms with Gasteiger partial charge in [-0.3, -0.25) is 19.4 Å². The van der Waals surface area contributed by atoms with Crippen molar-refractivity contribution in [3.05, 3.63) is 119 Å². The highest BCUT2D eigenvalue weighted by Gasteiger charge is 2.45. The molecule has 1 spiro atoms. The van der Waals surface area contributed by atoms with E-state index in [4.69, 9.17) is 4.74 Å². The first-order valence-electron chi connectivity index (χ1n) is 16.8. The van der Waals surface area contributed by atoms with E-state index in [2.05, 4.69) is 25.5 Å². The van der Waals surface area contributed by atoms with Crippen LogP contribution in [0.5, 0.6) is 0 Å². The Morgan fingerprint density at radius 3 is 2.42 bits per heavy atom. The van der Waals surface area contributed by atoms with E-state index in [0.717, 1.165) is 60.2 Å². The number of hydrogen-bond donors (Lipinski definition) is 2. The van der Waals surface area contributed by atoms with Crippen LogP contribution < -0.4 is 20.4 Å². The Balaban J connectivity index is 0.970. The lowest BCUT2D eigenvalue weighted by Crippen LogP contribution is -2.59. The maximum Gasteiger partial charge on any atom is 0.259 e. The van der Waals surface area contributed by atoms with E-state index in [0.29, 0.717) is 52.5 Å². The number of carbonyl (C=O) groups excluding carboxylic acids is 3. The summed E-state index contributed by atoms with van der Waals surface area (Å²) in [6.07, 6.45) is 6.19. The van der Waals surface area contributed by atoms with E-state index in [-0.39, 0.29) is 23.1 Å². The lowest BCUT2D eigenvalue weighted by molar-refractivity contribution is -0.000511. The number of aryl methyl sites for hydroxylation is 1.